The molecule has 2 heterocycles. The number of amides is 1. The van der Waals surface area contributed by atoms with Crippen LogP contribution in [-0.4, -0.2) is 24.0 Å². The highest BCUT2D eigenvalue weighted by Gasteiger charge is 2.45. The van der Waals surface area contributed by atoms with E-state index < -0.39 is 0 Å². The molecule has 2 aliphatic heterocycles. The van der Waals surface area contributed by atoms with Crippen molar-refractivity contribution in [2.24, 2.45) is 5.92 Å². The van der Waals surface area contributed by atoms with Gasteiger partial charge in [0.25, 0.3) is 0 Å². The van der Waals surface area contributed by atoms with Gasteiger partial charge < -0.3 is 10.6 Å². The summed E-state index contributed by atoms with van der Waals surface area (Å²) in [4.78, 5) is 12.7. The molecular formula is C21H25ClN2O. The summed E-state index contributed by atoms with van der Waals surface area (Å²) in [6.45, 7) is 0. The molecule has 3 aliphatic rings. The van der Waals surface area contributed by atoms with Crippen molar-refractivity contribution in [1.82, 2.24) is 10.6 Å². The van der Waals surface area contributed by atoms with E-state index in [2.05, 4.69) is 53.1 Å². The van der Waals surface area contributed by atoms with Crippen molar-refractivity contribution in [2.75, 3.05) is 0 Å². The van der Waals surface area contributed by atoms with Crippen molar-refractivity contribution < 1.29 is 4.79 Å². The number of nitrogens with one attached hydrogen (secondary N) is 2. The molecule has 3 nitrogen and oxygen atoms in total. The van der Waals surface area contributed by atoms with Gasteiger partial charge in [0.1, 0.15) is 0 Å². The predicted octanol–water partition coefficient (Wildman–Crippen LogP) is 3.76. The Labute approximate surface area is 155 Å². The minimum absolute atomic E-state index is 0. The van der Waals surface area contributed by atoms with Gasteiger partial charge in [0.05, 0.1) is 0 Å². The molecule has 0 radical (unpaired) electrons. The SMILES string of the molecule is Cl.O=C(NC1CC2CCC(C1)N2)C1CC1c1cccc2ccccc12. The van der Waals surface area contributed by atoms with E-state index in [9.17, 15) is 4.79 Å². The van der Waals surface area contributed by atoms with E-state index in [1.807, 2.05) is 0 Å². The van der Waals surface area contributed by atoms with Gasteiger partial charge in [-0.1, -0.05) is 42.5 Å². The maximum atomic E-state index is 12.7. The summed E-state index contributed by atoms with van der Waals surface area (Å²) in [6.07, 6.45) is 5.76. The molecule has 25 heavy (non-hydrogen) atoms. The molecule has 2 N–H and O–H groups in total. The summed E-state index contributed by atoms with van der Waals surface area (Å²) < 4.78 is 0. The van der Waals surface area contributed by atoms with Crippen LogP contribution in [0.2, 0.25) is 0 Å². The Kier molecular flexibility index (Phi) is 4.47. The minimum Gasteiger partial charge on any atom is -0.353 e. The Bertz CT molecular complexity index is 775. The first-order valence-corrected chi connectivity index (χ1v) is 9.32. The second-order valence-corrected chi connectivity index (χ2v) is 7.83. The topological polar surface area (TPSA) is 41.1 Å². The molecule has 2 saturated heterocycles. The number of hydrogen-bond acceptors (Lipinski definition) is 2. The summed E-state index contributed by atoms with van der Waals surface area (Å²) in [5.41, 5.74) is 1.35. The number of carbonyl (C=O) groups is 1. The summed E-state index contributed by atoms with van der Waals surface area (Å²) >= 11 is 0. The maximum Gasteiger partial charge on any atom is 0.223 e. The first-order valence-electron chi connectivity index (χ1n) is 9.32. The van der Waals surface area contributed by atoms with Crippen LogP contribution in [0.1, 0.15) is 43.6 Å². The van der Waals surface area contributed by atoms with E-state index in [-0.39, 0.29) is 24.2 Å². The minimum atomic E-state index is 0. The van der Waals surface area contributed by atoms with Crippen molar-refractivity contribution in [3.8, 4) is 0 Å². The number of carbonyl (C=O) groups excluding carboxylic acids is 1. The van der Waals surface area contributed by atoms with Gasteiger partial charge in [-0.25, -0.2) is 0 Å². The van der Waals surface area contributed by atoms with E-state index >= 15 is 0 Å². The Balaban J connectivity index is 0.00000157. The Hall–Kier alpha value is -1.58. The van der Waals surface area contributed by atoms with Crippen LogP contribution in [-0.2, 0) is 4.79 Å². The van der Waals surface area contributed by atoms with Gasteiger partial charge in [-0.2, -0.15) is 0 Å². The fourth-order valence-corrected chi connectivity index (χ4v) is 4.89. The lowest BCUT2D eigenvalue weighted by Gasteiger charge is -2.29. The van der Waals surface area contributed by atoms with Gasteiger partial charge >= 0.3 is 0 Å². The fraction of sp³-hybridized carbons (Fsp3) is 0.476. The molecule has 2 aromatic rings. The molecule has 3 fully saturated rings. The number of piperidine rings is 1. The normalized spacial score (nSPS) is 32.9. The van der Waals surface area contributed by atoms with Gasteiger partial charge in [-0.05, 0) is 54.4 Å². The molecule has 1 amide bonds. The predicted molar refractivity (Wildman–Crippen MR) is 103 cm³/mol. The van der Waals surface area contributed by atoms with Crippen LogP contribution in [0.25, 0.3) is 10.8 Å². The Morgan fingerprint density at radius 1 is 0.960 bits per heavy atom. The lowest BCUT2D eigenvalue weighted by atomic mass is 9.98. The fourth-order valence-electron chi connectivity index (χ4n) is 4.89. The van der Waals surface area contributed by atoms with Gasteiger partial charge in [-0.3, -0.25) is 4.79 Å². The van der Waals surface area contributed by atoms with E-state index in [4.69, 9.17) is 0 Å². The highest BCUT2D eigenvalue weighted by atomic mass is 35.5. The van der Waals surface area contributed by atoms with Crippen LogP contribution >= 0.6 is 12.4 Å². The van der Waals surface area contributed by atoms with Gasteiger partial charge in [-0.15, -0.1) is 12.4 Å². The zero-order valence-electron chi connectivity index (χ0n) is 14.3. The highest BCUT2D eigenvalue weighted by Crippen LogP contribution is 2.49. The molecule has 5 rings (SSSR count). The Morgan fingerprint density at radius 3 is 2.48 bits per heavy atom. The molecule has 4 heteroatoms. The standard InChI is InChI=1S/C21H24N2O.ClH/c24-21(23-16-10-14-8-9-15(11-16)22-14)20-12-19(20)18-7-3-5-13-4-1-2-6-17(13)18;/h1-7,14-16,19-20,22H,8-12H2,(H,23,24);1H. The third kappa shape index (κ3) is 3.16. The molecule has 4 unspecified atom stereocenters. The number of benzene rings is 2. The first-order chi connectivity index (χ1) is 11.8. The van der Waals surface area contributed by atoms with E-state index in [1.54, 1.807) is 0 Å². The maximum absolute atomic E-state index is 12.7. The average molecular weight is 357 g/mol. The van der Waals surface area contributed by atoms with Crippen molar-refractivity contribution >= 4 is 29.1 Å². The zero-order chi connectivity index (χ0) is 16.1. The molecule has 2 bridgehead atoms. The monoisotopic (exact) mass is 356 g/mol. The quantitative estimate of drug-likeness (QED) is 0.879. The van der Waals surface area contributed by atoms with Crippen molar-refractivity contribution in [3.05, 3.63) is 48.0 Å². The number of hydrogen-bond donors (Lipinski definition) is 2. The smallest absolute Gasteiger partial charge is 0.223 e. The van der Waals surface area contributed by atoms with Crippen LogP contribution in [0, 0.1) is 5.92 Å². The Morgan fingerprint density at radius 2 is 1.68 bits per heavy atom. The van der Waals surface area contributed by atoms with E-state index in [0.717, 1.165) is 19.3 Å². The van der Waals surface area contributed by atoms with Crippen LogP contribution in [0.5, 0.6) is 0 Å². The summed E-state index contributed by atoms with van der Waals surface area (Å²) in [5, 5.41) is 9.57. The zero-order valence-corrected chi connectivity index (χ0v) is 15.1. The second kappa shape index (κ2) is 6.62. The highest BCUT2D eigenvalue weighted by molar-refractivity contribution is 5.89. The van der Waals surface area contributed by atoms with Crippen molar-refractivity contribution in [3.63, 3.8) is 0 Å². The third-order valence-electron chi connectivity index (χ3n) is 6.17. The van der Waals surface area contributed by atoms with Crippen molar-refractivity contribution in [2.45, 2.75) is 56.1 Å². The van der Waals surface area contributed by atoms with Crippen LogP contribution in [0.15, 0.2) is 42.5 Å². The average Bonchev–Trinajstić information content (AvgIpc) is 3.33. The van der Waals surface area contributed by atoms with Gasteiger partial charge in [0, 0.05) is 24.0 Å². The molecule has 2 aromatic carbocycles. The van der Waals surface area contributed by atoms with Gasteiger partial charge in [0.2, 0.25) is 5.91 Å². The van der Waals surface area contributed by atoms with Crippen LogP contribution < -0.4 is 10.6 Å². The summed E-state index contributed by atoms with van der Waals surface area (Å²) in [5.74, 6) is 0.845. The summed E-state index contributed by atoms with van der Waals surface area (Å²) in [6, 6.07) is 16.6. The van der Waals surface area contributed by atoms with Gasteiger partial charge in [0.15, 0.2) is 0 Å². The molecule has 0 aromatic heterocycles. The largest absolute Gasteiger partial charge is 0.353 e. The van der Waals surface area contributed by atoms with E-state index in [0.29, 0.717) is 24.0 Å². The molecule has 1 aliphatic carbocycles. The van der Waals surface area contributed by atoms with Crippen LogP contribution in [0.4, 0.5) is 0 Å². The lowest BCUT2D eigenvalue weighted by molar-refractivity contribution is -0.123. The molecule has 4 atom stereocenters. The van der Waals surface area contributed by atoms with Crippen molar-refractivity contribution in [1.29, 1.82) is 0 Å². The molecule has 1 saturated carbocycles. The second-order valence-electron chi connectivity index (χ2n) is 7.83. The number of fused-ring (bicyclic) bond motifs is 3. The third-order valence-corrected chi connectivity index (χ3v) is 6.17. The summed E-state index contributed by atoms with van der Waals surface area (Å²) in [7, 11) is 0. The number of rotatable bonds is 3. The lowest BCUT2D eigenvalue weighted by Crippen LogP contribution is -2.48. The number of halogens is 1. The van der Waals surface area contributed by atoms with Crippen LogP contribution in [0.3, 0.4) is 0 Å². The molecule has 132 valence electrons. The van der Waals surface area contributed by atoms with E-state index in [1.165, 1.54) is 29.2 Å². The first kappa shape index (κ1) is 16.9. The molecule has 0 spiro atoms. The molecular weight excluding hydrogens is 332 g/mol.